The van der Waals surface area contributed by atoms with Crippen LogP contribution in [0, 0.1) is 0 Å². The Morgan fingerprint density at radius 2 is 1.63 bits per heavy atom. The number of hydrogen-bond donors (Lipinski definition) is 1. The van der Waals surface area contributed by atoms with Crippen LogP contribution in [0.5, 0.6) is 0 Å². The van der Waals surface area contributed by atoms with E-state index in [0.717, 1.165) is 16.9 Å². The Kier molecular flexibility index (Phi) is 7.43. The zero-order chi connectivity index (χ0) is 28.3. The number of para-hydroxylation sites is 3. The Morgan fingerprint density at radius 1 is 0.902 bits per heavy atom. The molecule has 11 heteroatoms. The molecule has 0 saturated carbocycles. The van der Waals surface area contributed by atoms with E-state index in [1.165, 1.54) is 11.8 Å². The smallest absolute Gasteiger partial charge is 0.409 e. The van der Waals surface area contributed by atoms with Gasteiger partial charge in [0.2, 0.25) is 0 Å². The van der Waals surface area contributed by atoms with E-state index in [0.29, 0.717) is 65.8 Å². The predicted octanol–water partition coefficient (Wildman–Crippen LogP) is 4.47. The third-order valence-electron chi connectivity index (χ3n) is 6.97. The summed E-state index contributed by atoms with van der Waals surface area (Å²) in [6, 6.07) is 22.2. The topological polar surface area (TPSA) is 113 Å². The molecule has 0 unspecified atom stereocenters. The highest BCUT2D eigenvalue weighted by Gasteiger charge is 2.26. The molecule has 1 aliphatic rings. The van der Waals surface area contributed by atoms with Crippen molar-refractivity contribution in [1.29, 1.82) is 0 Å². The van der Waals surface area contributed by atoms with Crippen molar-refractivity contribution in [2.75, 3.05) is 32.8 Å². The van der Waals surface area contributed by atoms with Gasteiger partial charge in [0.25, 0.3) is 11.5 Å². The van der Waals surface area contributed by atoms with Crippen molar-refractivity contribution >= 4 is 45.7 Å². The lowest BCUT2D eigenvalue weighted by molar-refractivity contribution is 0.0570. The number of rotatable bonds is 6. The number of fused-ring (bicyclic) bond motifs is 2. The number of benzene rings is 3. The number of nitrogens with one attached hydrogen (secondary N) is 1. The third-order valence-corrected chi connectivity index (χ3v) is 7.92. The minimum Gasteiger partial charge on any atom is -0.450 e. The van der Waals surface area contributed by atoms with Crippen LogP contribution < -0.4 is 5.56 Å². The van der Waals surface area contributed by atoms with Gasteiger partial charge in [-0.05, 0) is 49.4 Å². The van der Waals surface area contributed by atoms with Crippen LogP contribution in [0.4, 0.5) is 4.79 Å². The average Bonchev–Trinajstić information content (AvgIpc) is 3.43. The number of nitrogens with zero attached hydrogens (tertiary/aromatic N) is 5. The molecule has 2 aromatic heterocycles. The Hall–Kier alpha value is -4.64. The van der Waals surface area contributed by atoms with Gasteiger partial charge < -0.3 is 19.5 Å². The first-order chi connectivity index (χ1) is 20.0. The first-order valence-electron chi connectivity index (χ1n) is 13.4. The molecule has 1 fully saturated rings. The molecule has 0 spiro atoms. The molecule has 3 heterocycles. The largest absolute Gasteiger partial charge is 0.450 e. The number of H-pyrrole nitrogens is 1. The molecule has 0 bridgehead atoms. The van der Waals surface area contributed by atoms with Crippen molar-refractivity contribution in [2.45, 2.75) is 17.8 Å². The molecular weight excluding hydrogens is 540 g/mol. The maximum absolute atomic E-state index is 13.8. The van der Waals surface area contributed by atoms with E-state index < -0.39 is 0 Å². The van der Waals surface area contributed by atoms with Crippen LogP contribution in [0.3, 0.4) is 0 Å². The maximum Gasteiger partial charge on any atom is 0.409 e. The van der Waals surface area contributed by atoms with Crippen LogP contribution in [-0.4, -0.2) is 74.1 Å². The number of hydrogen-bond acceptors (Lipinski definition) is 7. The highest BCUT2D eigenvalue weighted by Crippen LogP contribution is 2.25. The average molecular weight is 569 g/mol. The fraction of sp³-hybridized carbons (Fsp3) is 0.233. The lowest BCUT2D eigenvalue weighted by Crippen LogP contribution is -2.50. The second-order valence-electron chi connectivity index (χ2n) is 9.57. The second kappa shape index (κ2) is 11.5. The Balaban J connectivity index is 1.31. The number of amides is 2. The van der Waals surface area contributed by atoms with Gasteiger partial charge in [0.1, 0.15) is 5.82 Å². The van der Waals surface area contributed by atoms with Crippen LogP contribution in [0.15, 0.2) is 82.7 Å². The second-order valence-corrected chi connectivity index (χ2v) is 10.5. The standard InChI is InChI=1S/C30H28N6O4S/c1-2-40-30(39)35-16-14-34(15-17-35)27(37)20-12-13-22-25(18-20)33-29(36(28(22)38)21-8-4-3-5-9-21)41-19-26-31-23-10-6-7-11-24(23)32-26/h3-13,18H,2,14-17,19H2,1H3,(H,31,32). The van der Waals surface area contributed by atoms with E-state index in [1.54, 1.807) is 39.5 Å². The van der Waals surface area contributed by atoms with E-state index >= 15 is 0 Å². The predicted molar refractivity (Wildman–Crippen MR) is 157 cm³/mol. The first kappa shape index (κ1) is 26.6. The van der Waals surface area contributed by atoms with Crippen molar-refractivity contribution in [3.63, 3.8) is 0 Å². The van der Waals surface area contributed by atoms with Gasteiger partial charge in [0.15, 0.2) is 5.16 Å². The molecule has 0 radical (unpaired) electrons. The number of carbonyl (C=O) groups excluding carboxylic acids is 2. The van der Waals surface area contributed by atoms with Crippen molar-refractivity contribution in [3.8, 4) is 5.69 Å². The molecule has 1 N–H and O–H groups in total. The number of aromatic amines is 1. The summed E-state index contributed by atoms with van der Waals surface area (Å²) < 4.78 is 6.68. The Morgan fingerprint density at radius 3 is 2.39 bits per heavy atom. The number of thioether (sulfide) groups is 1. The number of piperazine rings is 1. The van der Waals surface area contributed by atoms with Crippen molar-refractivity contribution in [1.82, 2.24) is 29.3 Å². The van der Waals surface area contributed by atoms with Gasteiger partial charge in [-0.3, -0.25) is 14.2 Å². The fourth-order valence-electron chi connectivity index (χ4n) is 4.90. The highest BCUT2D eigenvalue weighted by atomic mass is 32.2. The van der Waals surface area contributed by atoms with Crippen molar-refractivity contribution in [3.05, 3.63) is 94.5 Å². The number of aromatic nitrogens is 4. The zero-order valence-corrected chi connectivity index (χ0v) is 23.3. The summed E-state index contributed by atoms with van der Waals surface area (Å²) in [5.41, 5.74) is 3.21. The maximum atomic E-state index is 13.8. The van der Waals surface area contributed by atoms with Gasteiger partial charge in [-0.25, -0.2) is 14.8 Å². The van der Waals surface area contributed by atoms with Crippen LogP contribution in [0.25, 0.3) is 27.6 Å². The van der Waals surface area contributed by atoms with Gasteiger partial charge in [0, 0.05) is 31.7 Å². The minimum atomic E-state index is -0.364. The zero-order valence-electron chi connectivity index (χ0n) is 22.4. The Labute approximate surface area is 240 Å². The summed E-state index contributed by atoms with van der Waals surface area (Å²) in [6.07, 6.45) is -0.364. The van der Waals surface area contributed by atoms with E-state index in [9.17, 15) is 14.4 Å². The van der Waals surface area contributed by atoms with Gasteiger partial charge in [0.05, 0.1) is 40.0 Å². The van der Waals surface area contributed by atoms with Crippen LogP contribution in [-0.2, 0) is 10.5 Å². The number of imidazole rings is 1. The first-order valence-corrected chi connectivity index (χ1v) is 14.4. The van der Waals surface area contributed by atoms with E-state index in [1.807, 2.05) is 54.6 Å². The van der Waals surface area contributed by atoms with Crippen molar-refractivity contribution < 1.29 is 14.3 Å². The summed E-state index contributed by atoms with van der Waals surface area (Å²) in [5.74, 6) is 1.08. The number of carbonyl (C=O) groups is 2. The van der Waals surface area contributed by atoms with E-state index in [4.69, 9.17) is 9.72 Å². The normalized spacial score (nSPS) is 13.6. The third kappa shape index (κ3) is 5.40. The molecule has 3 aromatic carbocycles. The van der Waals surface area contributed by atoms with Gasteiger partial charge >= 0.3 is 6.09 Å². The van der Waals surface area contributed by atoms with E-state index in [-0.39, 0.29) is 17.6 Å². The summed E-state index contributed by atoms with van der Waals surface area (Å²) >= 11 is 1.40. The molecule has 208 valence electrons. The molecule has 1 aliphatic heterocycles. The SMILES string of the molecule is CCOC(=O)N1CCN(C(=O)c2ccc3c(=O)n(-c4ccccc4)c(SCc4nc5ccccc5[nH]4)nc3c2)CC1. The molecule has 6 rings (SSSR count). The molecule has 10 nitrogen and oxygen atoms in total. The fourth-order valence-corrected chi connectivity index (χ4v) is 5.78. The van der Waals surface area contributed by atoms with Crippen LogP contribution in [0.2, 0.25) is 0 Å². The summed E-state index contributed by atoms with van der Waals surface area (Å²) in [5, 5.41) is 0.924. The summed E-state index contributed by atoms with van der Waals surface area (Å²) in [6.45, 7) is 3.69. The number of ether oxygens (including phenoxy) is 1. The highest BCUT2D eigenvalue weighted by molar-refractivity contribution is 7.98. The molecular formula is C30H28N6O4S. The van der Waals surface area contributed by atoms with Gasteiger partial charge in [-0.15, -0.1) is 0 Å². The van der Waals surface area contributed by atoms with Crippen LogP contribution in [0.1, 0.15) is 23.1 Å². The molecule has 5 aromatic rings. The Bertz CT molecular complexity index is 1760. The van der Waals surface area contributed by atoms with Crippen molar-refractivity contribution in [2.24, 2.45) is 0 Å². The molecule has 1 saturated heterocycles. The summed E-state index contributed by atoms with van der Waals surface area (Å²) in [7, 11) is 0. The van der Waals surface area contributed by atoms with Gasteiger partial charge in [-0.2, -0.15) is 0 Å². The molecule has 0 aliphatic carbocycles. The monoisotopic (exact) mass is 568 g/mol. The quantitative estimate of drug-likeness (QED) is 0.238. The minimum absolute atomic E-state index is 0.166. The lowest BCUT2D eigenvalue weighted by Gasteiger charge is -2.34. The van der Waals surface area contributed by atoms with Gasteiger partial charge in [-0.1, -0.05) is 42.1 Å². The molecule has 41 heavy (non-hydrogen) atoms. The molecule has 2 amide bonds. The lowest BCUT2D eigenvalue weighted by atomic mass is 10.1. The van der Waals surface area contributed by atoms with E-state index in [2.05, 4.69) is 9.97 Å². The van der Waals surface area contributed by atoms with Crippen LogP contribution >= 0.6 is 11.8 Å². The summed E-state index contributed by atoms with van der Waals surface area (Å²) in [4.78, 5) is 55.3. The molecule has 0 atom stereocenters.